The van der Waals surface area contributed by atoms with Gasteiger partial charge in [0.2, 0.25) is 11.8 Å². The van der Waals surface area contributed by atoms with Crippen molar-refractivity contribution in [3.63, 3.8) is 0 Å². The fourth-order valence-electron chi connectivity index (χ4n) is 2.48. The number of carbonyl (C=O) groups excluding carboxylic acids is 4. The summed E-state index contributed by atoms with van der Waals surface area (Å²) >= 11 is 1.24. The highest BCUT2D eigenvalue weighted by molar-refractivity contribution is 8.00. The van der Waals surface area contributed by atoms with Crippen molar-refractivity contribution in [2.24, 2.45) is 11.1 Å². The van der Waals surface area contributed by atoms with Crippen molar-refractivity contribution in [1.82, 2.24) is 5.32 Å². The zero-order chi connectivity index (χ0) is 23.2. The number of thioether (sulfide) groups is 1. The smallest absolute Gasteiger partial charge is 0.252 e. The van der Waals surface area contributed by atoms with Gasteiger partial charge >= 0.3 is 0 Å². The van der Waals surface area contributed by atoms with Gasteiger partial charge < -0.3 is 16.4 Å². The molecule has 0 heterocycles. The Hall–Kier alpha value is -3.13. The highest BCUT2D eigenvalue weighted by Gasteiger charge is 2.23. The second-order valence-electron chi connectivity index (χ2n) is 8.04. The van der Waals surface area contributed by atoms with Gasteiger partial charge in [-0.2, -0.15) is 0 Å². The van der Waals surface area contributed by atoms with E-state index in [9.17, 15) is 19.2 Å². The molecule has 0 fully saturated rings. The van der Waals surface area contributed by atoms with Crippen LogP contribution in [0.2, 0.25) is 0 Å². The molecule has 0 aliphatic carbocycles. The zero-order valence-electron chi connectivity index (χ0n) is 18.0. The number of anilines is 1. The molecule has 1 atom stereocenters. The first-order valence-corrected chi connectivity index (χ1v) is 10.6. The van der Waals surface area contributed by atoms with Crippen molar-refractivity contribution < 1.29 is 19.2 Å². The Balaban J connectivity index is 2.03. The molecule has 2 rings (SSSR count). The zero-order valence-corrected chi connectivity index (χ0v) is 18.8. The number of amides is 3. The van der Waals surface area contributed by atoms with Gasteiger partial charge in [0.25, 0.3) is 5.91 Å². The summed E-state index contributed by atoms with van der Waals surface area (Å²) in [6.45, 7) is 7.07. The molecule has 0 aliphatic rings. The van der Waals surface area contributed by atoms with E-state index in [2.05, 4.69) is 10.6 Å². The van der Waals surface area contributed by atoms with Gasteiger partial charge in [0.05, 0.1) is 17.4 Å². The number of benzene rings is 2. The molecule has 0 spiro atoms. The lowest BCUT2D eigenvalue weighted by atomic mass is 9.91. The molecule has 4 N–H and O–H groups in total. The average molecular weight is 442 g/mol. The Bertz CT molecular complexity index is 981. The van der Waals surface area contributed by atoms with E-state index in [1.54, 1.807) is 64.1 Å². The normalized spacial score (nSPS) is 12.0. The number of hydrogen-bond donors (Lipinski definition) is 3. The maximum absolute atomic E-state index is 12.6. The van der Waals surface area contributed by atoms with Gasteiger partial charge in [0, 0.05) is 21.6 Å². The molecule has 31 heavy (non-hydrogen) atoms. The van der Waals surface area contributed by atoms with E-state index < -0.39 is 16.6 Å². The van der Waals surface area contributed by atoms with Crippen LogP contribution in [0.1, 0.15) is 48.4 Å². The van der Waals surface area contributed by atoms with Gasteiger partial charge in [-0.1, -0.05) is 32.9 Å². The van der Waals surface area contributed by atoms with Crippen LogP contribution >= 0.6 is 11.8 Å². The number of hydrogen-bond acceptors (Lipinski definition) is 5. The Kier molecular flexibility index (Phi) is 7.99. The van der Waals surface area contributed by atoms with Crippen LogP contribution in [0.15, 0.2) is 53.4 Å². The Labute approximate surface area is 186 Å². The van der Waals surface area contributed by atoms with E-state index in [0.717, 1.165) is 0 Å². The number of primary amides is 1. The van der Waals surface area contributed by atoms with Crippen molar-refractivity contribution in [2.75, 3.05) is 11.9 Å². The van der Waals surface area contributed by atoms with E-state index >= 15 is 0 Å². The van der Waals surface area contributed by atoms with Gasteiger partial charge in [-0.05, 0) is 43.3 Å². The monoisotopic (exact) mass is 441 g/mol. The van der Waals surface area contributed by atoms with Gasteiger partial charge in [-0.25, -0.2) is 0 Å². The van der Waals surface area contributed by atoms with Crippen molar-refractivity contribution >= 4 is 41.0 Å². The van der Waals surface area contributed by atoms with Crippen LogP contribution in [0.5, 0.6) is 0 Å². The number of rotatable bonds is 8. The minimum absolute atomic E-state index is 0.0569. The van der Waals surface area contributed by atoms with Crippen molar-refractivity contribution in [2.45, 2.75) is 37.8 Å². The summed E-state index contributed by atoms with van der Waals surface area (Å²) in [5, 5.41) is 4.94. The van der Waals surface area contributed by atoms with Gasteiger partial charge in [0.15, 0.2) is 5.78 Å². The number of carbonyl (C=O) groups is 4. The van der Waals surface area contributed by atoms with Crippen LogP contribution in [-0.2, 0) is 9.59 Å². The number of ketones is 1. The molecule has 0 saturated carbocycles. The highest BCUT2D eigenvalue weighted by Crippen LogP contribution is 2.28. The number of nitrogens with two attached hydrogens (primary N) is 1. The molecule has 1 unspecified atom stereocenters. The molecule has 0 aromatic heterocycles. The standard InChI is InChI=1S/C23H27N3O4S/c1-14(21(29)26-16-11-9-15(10-12-16)20(24)28)31-18-8-6-5-7-17(18)22(30)25-13-19(27)23(2,3)4/h5-12,14H,13H2,1-4H3,(H2,24,28)(H,25,30)(H,26,29). The number of nitrogens with one attached hydrogen (secondary N) is 2. The maximum Gasteiger partial charge on any atom is 0.252 e. The lowest BCUT2D eigenvalue weighted by Gasteiger charge is -2.18. The summed E-state index contributed by atoms with van der Waals surface area (Å²) in [6, 6.07) is 13.2. The SMILES string of the molecule is CC(Sc1ccccc1C(=O)NCC(=O)C(C)(C)C)C(=O)Nc1ccc(C(N)=O)cc1. The fraction of sp³-hybridized carbons (Fsp3) is 0.304. The van der Waals surface area contributed by atoms with Gasteiger partial charge in [0.1, 0.15) is 0 Å². The Morgan fingerprint density at radius 3 is 2.19 bits per heavy atom. The first-order valence-electron chi connectivity index (χ1n) is 9.77. The van der Waals surface area contributed by atoms with E-state index in [-0.39, 0.29) is 24.1 Å². The summed E-state index contributed by atoms with van der Waals surface area (Å²) in [6.07, 6.45) is 0. The third-order valence-electron chi connectivity index (χ3n) is 4.49. The van der Waals surface area contributed by atoms with Crippen molar-refractivity contribution in [3.8, 4) is 0 Å². The average Bonchev–Trinajstić information content (AvgIpc) is 2.71. The molecule has 2 aromatic carbocycles. The lowest BCUT2D eigenvalue weighted by Crippen LogP contribution is -2.35. The van der Waals surface area contributed by atoms with E-state index in [1.165, 1.54) is 23.9 Å². The van der Waals surface area contributed by atoms with Crippen molar-refractivity contribution in [1.29, 1.82) is 0 Å². The minimum atomic E-state index is -0.541. The van der Waals surface area contributed by atoms with E-state index in [4.69, 9.17) is 5.73 Å². The molecule has 0 radical (unpaired) electrons. The van der Waals surface area contributed by atoms with Crippen LogP contribution in [0.4, 0.5) is 5.69 Å². The fourth-order valence-corrected chi connectivity index (χ4v) is 3.48. The molecule has 7 nitrogen and oxygen atoms in total. The molecule has 0 bridgehead atoms. The summed E-state index contributed by atoms with van der Waals surface area (Å²) in [7, 11) is 0. The van der Waals surface area contributed by atoms with Crippen LogP contribution in [0.3, 0.4) is 0 Å². The van der Waals surface area contributed by atoms with Gasteiger partial charge in [-0.15, -0.1) is 11.8 Å². The van der Waals surface area contributed by atoms with E-state index in [1.807, 2.05) is 0 Å². The molecular formula is C23H27N3O4S. The lowest BCUT2D eigenvalue weighted by molar-refractivity contribution is -0.125. The largest absolute Gasteiger partial charge is 0.366 e. The molecule has 2 aromatic rings. The summed E-state index contributed by atoms with van der Waals surface area (Å²) in [5.41, 5.74) is 5.97. The molecule has 3 amide bonds. The molecule has 0 aliphatic heterocycles. The summed E-state index contributed by atoms with van der Waals surface area (Å²) in [4.78, 5) is 49.1. The van der Waals surface area contributed by atoms with Crippen molar-refractivity contribution in [3.05, 3.63) is 59.7 Å². The first kappa shape index (κ1) is 24.1. The van der Waals surface area contributed by atoms with E-state index in [0.29, 0.717) is 21.7 Å². The quantitative estimate of drug-likeness (QED) is 0.544. The molecular weight excluding hydrogens is 414 g/mol. The Morgan fingerprint density at radius 1 is 1.00 bits per heavy atom. The van der Waals surface area contributed by atoms with Crippen LogP contribution < -0.4 is 16.4 Å². The first-order chi connectivity index (χ1) is 14.5. The third kappa shape index (κ3) is 6.96. The molecule has 0 saturated heterocycles. The predicted octanol–water partition coefficient (Wildman–Crippen LogP) is 3.25. The van der Waals surface area contributed by atoms with Gasteiger partial charge in [-0.3, -0.25) is 19.2 Å². The predicted molar refractivity (Wildman–Crippen MR) is 122 cm³/mol. The third-order valence-corrected chi connectivity index (χ3v) is 5.67. The topological polar surface area (TPSA) is 118 Å². The minimum Gasteiger partial charge on any atom is -0.366 e. The second kappa shape index (κ2) is 10.3. The van der Waals surface area contributed by atoms with Crippen LogP contribution in [0, 0.1) is 5.41 Å². The summed E-state index contributed by atoms with van der Waals surface area (Å²) < 4.78 is 0. The molecule has 164 valence electrons. The summed E-state index contributed by atoms with van der Waals surface area (Å²) in [5.74, 6) is -1.23. The Morgan fingerprint density at radius 2 is 1.61 bits per heavy atom. The second-order valence-corrected chi connectivity index (χ2v) is 9.43. The van der Waals surface area contributed by atoms with Crippen LogP contribution in [0.25, 0.3) is 0 Å². The highest BCUT2D eigenvalue weighted by atomic mass is 32.2. The maximum atomic E-state index is 12.6. The molecule has 8 heteroatoms. The number of Topliss-reactive ketones (excluding diaryl/α,β-unsaturated/α-hetero) is 1. The van der Waals surface area contributed by atoms with Crippen LogP contribution in [-0.4, -0.2) is 35.3 Å².